The number of benzene rings is 1. The zero-order valence-electron chi connectivity index (χ0n) is 11.3. The fourth-order valence-electron chi connectivity index (χ4n) is 1.97. The molecule has 0 aliphatic carbocycles. The lowest BCUT2D eigenvalue weighted by molar-refractivity contribution is 0.0950. The standard InChI is InChI=1S/C16H14N4O/c21-16(19-11-14-3-1-2-8-18-14)13-4-6-15(7-5-13)20-10-9-17-12-20/h1-10,12H,11H2,(H,19,21). The van der Waals surface area contributed by atoms with Crippen LogP contribution in [-0.2, 0) is 6.54 Å². The van der Waals surface area contributed by atoms with Crippen LogP contribution in [0.1, 0.15) is 16.1 Å². The van der Waals surface area contributed by atoms with Gasteiger partial charge in [0, 0.05) is 29.8 Å². The normalized spacial score (nSPS) is 10.3. The zero-order valence-corrected chi connectivity index (χ0v) is 11.3. The van der Waals surface area contributed by atoms with Crippen LogP contribution >= 0.6 is 0 Å². The number of hydrogen-bond donors (Lipinski definition) is 1. The summed E-state index contributed by atoms with van der Waals surface area (Å²) in [6.07, 6.45) is 7.00. The molecule has 1 N–H and O–H groups in total. The van der Waals surface area contributed by atoms with Gasteiger partial charge in [-0.3, -0.25) is 9.78 Å². The molecule has 0 unspecified atom stereocenters. The van der Waals surface area contributed by atoms with Crippen LogP contribution in [-0.4, -0.2) is 20.4 Å². The lowest BCUT2D eigenvalue weighted by atomic mass is 10.2. The van der Waals surface area contributed by atoms with Crippen LogP contribution in [0.2, 0.25) is 0 Å². The number of hydrogen-bond acceptors (Lipinski definition) is 3. The third kappa shape index (κ3) is 3.14. The summed E-state index contributed by atoms with van der Waals surface area (Å²) in [7, 11) is 0. The third-order valence-electron chi connectivity index (χ3n) is 3.09. The van der Waals surface area contributed by atoms with Crippen molar-refractivity contribution < 1.29 is 4.79 Å². The van der Waals surface area contributed by atoms with Gasteiger partial charge in [0.2, 0.25) is 0 Å². The van der Waals surface area contributed by atoms with Crippen LogP contribution < -0.4 is 5.32 Å². The highest BCUT2D eigenvalue weighted by atomic mass is 16.1. The van der Waals surface area contributed by atoms with Crippen LogP contribution in [0.5, 0.6) is 0 Å². The van der Waals surface area contributed by atoms with Gasteiger partial charge in [-0.25, -0.2) is 4.98 Å². The number of imidazole rings is 1. The van der Waals surface area contributed by atoms with Gasteiger partial charge in [0.05, 0.1) is 18.6 Å². The van der Waals surface area contributed by atoms with E-state index in [0.29, 0.717) is 12.1 Å². The van der Waals surface area contributed by atoms with E-state index in [9.17, 15) is 4.79 Å². The van der Waals surface area contributed by atoms with E-state index in [-0.39, 0.29) is 5.91 Å². The van der Waals surface area contributed by atoms with Gasteiger partial charge in [-0.2, -0.15) is 0 Å². The van der Waals surface area contributed by atoms with Crippen molar-refractivity contribution in [1.82, 2.24) is 19.9 Å². The van der Waals surface area contributed by atoms with Crippen molar-refractivity contribution in [3.05, 3.63) is 78.6 Å². The van der Waals surface area contributed by atoms with Crippen LogP contribution in [0.25, 0.3) is 5.69 Å². The predicted octanol–water partition coefficient (Wildman–Crippen LogP) is 2.20. The Kier molecular flexibility index (Phi) is 3.73. The van der Waals surface area contributed by atoms with Gasteiger partial charge in [0.15, 0.2) is 0 Å². The minimum Gasteiger partial charge on any atom is -0.346 e. The molecule has 0 spiro atoms. The molecule has 3 aromatic rings. The first-order valence-corrected chi connectivity index (χ1v) is 6.59. The molecule has 104 valence electrons. The maximum Gasteiger partial charge on any atom is 0.251 e. The molecule has 0 atom stereocenters. The Bertz CT molecular complexity index is 706. The third-order valence-corrected chi connectivity index (χ3v) is 3.09. The Morgan fingerprint density at radius 1 is 1.10 bits per heavy atom. The van der Waals surface area contributed by atoms with Crippen molar-refractivity contribution in [1.29, 1.82) is 0 Å². The van der Waals surface area contributed by atoms with E-state index >= 15 is 0 Å². The number of nitrogens with one attached hydrogen (secondary N) is 1. The lowest BCUT2D eigenvalue weighted by Crippen LogP contribution is -2.23. The Balaban J connectivity index is 1.65. The minimum absolute atomic E-state index is 0.113. The lowest BCUT2D eigenvalue weighted by Gasteiger charge is -2.06. The molecule has 5 nitrogen and oxygen atoms in total. The van der Waals surface area contributed by atoms with Crippen LogP contribution in [0.3, 0.4) is 0 Å². The highest BCUT2D eigenvalue weighted by Crippen LogP contribution is 2.09. The molecule has 1 amide bonds. The first kappa shape index (κ1) is 13.1. The van der Waals surface area contributed by atoms with Gasteiger partial charge in [0.1, 0.15) is 0 Å². The number of carbonyl (C=O) groups is 1. The monoisotopic (exact) mass is 278 g/mol. The smallest absolute Gasteiger partial charge is 0.251 e. The molecule has 0 radical (unpaired) electrons. The van der Waals surface area contributed by atoms with E-state index in [1.807, 2.05) is 41.1 Å². The summed E-state index contributed by atoms with van der Waals surface area (Å²) in [5, 5.41) is 2.85. The van der Waals surface area contributed by atoms with Crippen molar-refractivity contribution in [3.63, 3.8) is 0 Å². The summed E-state index contributed by atoms with van der Waals surface area (Å²) >= 11 is 0. The van der Waals surface area contributed by atoms with E-state index in [0.717, 1.165) is 11.4 Å². The van der Waals surface area contributed by atoms with Crippen molar-refractivity contribution in [2.24, 2.45) is 0 Å². The first-order valence-electron chi connectivity index (χ1n) is 6.59. The van der Waals surface area contributed by atoms with Crippen LogP contribution in [0, 0.1) is 0 Å². The zero-order chi connectivity index (χ0) is 14.5. The number of amides is 1. The highest BCUT2D eigenvalue weighted by molar-refractivity contribution is 5.94. The number of pyridine rings is 1. The fraction of sp³-hybridized carbons (Fsp3) is 0.0625. The summed E-state index contributed by atoms with van der Waals surface area (Å²) in [6, 6.07) is 13.0. The largest absolute Gasteiger partial charge is 0.346 e. The molecular formula is C16H14N4O. The topological polar surface area (TPSA) is 59.8 Å². The predicted molar refractivity (Wildman–Crippen MR) is 79.0 cm³/mol. The molecule has 0 aliphatic heterocycles. The number of nitrogens with zero attached hydrogens (tertiary/aromatic N) is 3. The average molecular weight is 278 g/mol. The molecule has 0 saturated heterocycles. The summed E-state index contributed by atoms with van der Waals surface area (Å²) in [5.41, 5.74) is 2.42. The average Bonchev–Trinajstić information content (AvgIpc) is 3.08. The molecule has 2 heterocycles. The van der Waals surface area contributed by atoms with Crippen molar-refractivity contribution in [2.75, 3.05) is 0 Å². The highest BCUT2D eigenvalue weighted by Gasteiger charge is 2.05. The molecule has 0 saturated carbocycles. The number of carbonyl (C=O) groups excluding carboxylic acids is 1. The molecule has 3 rings (SSSR count). The Labute approximate surface area is 122 Å². The van der Waals surface area contributed by atoms with Crippen molar-refractivity contribution in [3.8, 4) is 5.69 Å². The van der Waals surface area contributed by atoms with Gasteiger partial charge >= 0.3 is 0 Å². The molecule has 2 aromatic heterocycles. The number of aromatic nitrogens is 3. The molecule has 0 fully saturated rings. The van der Waals surface area contributed by atoms with E-state index in [1.54, 1.807) is 30.9 Å². The Morgan fingerprint density at radius 3 is 2.62 bits per heavy atom. The van der Waals surface area contributed by atoms with Crippen molar-refractivity contribution >= 4 is 5.91 Å². The van der Waals surface area contributed by atoms with E-state index in [1.165, 1.54) is 0 Å². The van der Waals surface area contributed by atoms with Crippen LogP contribution in [0.15, 0.2) is 67.4 Å². The first-order chi connectivity index (χ1) is 10.3. The van der Waals surface area contributed by atoms with Gasteiger partial charge in [-0.15, -0.1) is 0 Å². The SMILES string of the molecule is O=C(NCc1ccccn1)c1ccc(-n2ccnc2)cc1. The molecule has 0 bridgehead atoms. The van der Waals surface area contributed by atoms with Crippen LogP contribution in [0.4, 0.5) is 0 Å². The Hall–Kier alpha value is -2.95. The maximum atomic E-state index is 12.1. The second-order valence-electron chi connectivity index (χ2n) is 4.52. The molecule has 5 heteroatoms. The number of rotatable bonds is 4. The van der Waals surface area contributed by atoms with E-state index in [4.69, 9.17) is 0 Å². The summed E-state index contributed by atoms with van der Waals surface area (Å²) in [4.78, 5) is 20.2. The molecular weight excluding hydrogens is 264 g/mol. The van der Waals surface area contributed by atoms with Gasteiger partial charge in [-0.1, -0.05) is 6.07 Å². The molecule has 21 heavy (non-hydrogen) atoms. The molecule has 0 aliphatic rings. The maximum absolute atomic E-state index is 12.1. The summed E-state index contributed by atoms with van der Waals surface area (Å²) in [6.45, 7) is 0.420. The van der Waals surface area contributed by atoms with E-state index < -0.39 is 0 Å². The second-order valence-corrected chi connectivity index (χ2v) is 4.52. The van der Waals surface area contributed by atoms with Gasteiger partial charge < -0.3 is 9.88 Å². The molecule has 1 aromatic carbocycles. The summed E-state index contributed by atoms with van der Waals surface area (Å²) in [5.74, 6) is -0.113. The quantitative estimate of drug-likeness (QED) is 0.796. The Morgan fingerprint density at radius 2 is 1.95 bits per heavy atom. The van der Waals surface area contributed by atoms with Crippen molar-refractivity contribution in [2.45, 2.75) is 6.54 Å². The van der Waals surface area contributed by atoms with Gasteiger partial charge in [-0.05, 0) is 36.4 Å². The fourth-order valence-corrected chi connectivity index (χ4v) is 1.97. The van der Waals surface area contributed by atoms with Gasteiger partial charge in [0.25, 0.3) is 5.91 Å². The summed E-state index contributed by atoms with van der Waals surface area (Å²) < 4.78 is 1.88. The van der Waals surface area contributed by atoms with E-state index in [2.05, 4.69) is 15.3 Å². The minimum atomic E-state index is -0.113. The second kappa shape index (κ2) is 6.00.